The minimum absolute atomic E-state index is 0.139. The van der Waals surface area contributed by atoms with Gasteiger partial charge in [-0.1, -0.05) is 19.9 Å². The van der Waals surface area contributed by atoms with Crippen molar-refractivity contribution in [1.29, 1.82) is 0 Å². The fourth-order valence-corrected chi connectivity index (χ4v) is 3.82. The zero-order chi connectivity index (χ0) is 15.6. The first-order chi connectivity index (χ1) is 9.93. The second-order valence-corrected chi connectivity index (χ2v) is 6.60. The molecule has 0 bridgehead atoms. The van der Waals surface area contributed by atoms with Crippen molar-refractivity contribution in [3.63, 3.8) is 0 Å². The van der Waals surface area contributed by atoms with Gasteiger partial charge in [0.05, 0.1) is 7.11 Å². The summed E-state index contributed by atoms with van der Waals surface area (Å²) in [6.07, 6.45) is 1.17. The molecule has 1 saturated heterocycles. The average Bonchev–Trinajstić information content (AvgIpc) is 2.48. The van der Waals surface area contributed by atoms with E-state index in [9.17, 15) is 0 Å². The molecule has 0 spiro atoms. The Morgan fingerprint density at radius 3 is 2.76 bits per heavy atom. The molecule has 1 N–H and O–H groups in total. The number of benzene rings is 1. The molecule has 0 aliphatic carbocycles. The second-order valence-electron chi connectivity index (χ2n) is 6.60. The molecule has 1 heterocycles. The van der Waals surface area contributed by atoms with Gasteiger partial charge in [0.1, 0.15) is 5.75 Å². The van der Waals surface area contributed by atoms with Crippen molar-refractivity contribution in [3.8, 4) is 5.75 Å². The molecule has 2 rings (SSSR count). The van der Waals surface area contributed by atoms with Gasteiger partial charge in [0.15, 0.2) is 0 Å². The molecule has 1 aliphatic heterocycles. The highest BCUT2D eigenvalue weighted by Crippen LogP contribution is 2.40. The largest absolute Gasteiger partial charge is 0.497 e. The number of hydrogen-bond acceptors (Lipinski definition) is 3. The van der Waals surface area contributed by atoms with Crippen molar-refractivity contribution in [2.24, 2.45) is 0 Å². The van der Waals surface area contributed by atoms with Crippen LogP contribution < -0.4 is 10.1 Å². The lowest BCUT2D eigenvalue weighted by Gasteiger charge is -2.50. The van der Waals surface area contributed by atoms with Crippen molar-refractivity contribution < 1.29 is 4.74 Å². The Morgan fingerprint density at radius 1 is 1.43 bits per heavy atom. The van der Waals surface area contributed by atoms with Crippen LogP contribution >= 0.6 is 0 Å². The lowest BCUT2D eigenvalue weighted by Crippen LogP contribution is -2.62. The molecular formula is C18H30N2O. The van der Waals surface area contributed by atoms with Crippen molar-refractivity contribution in [1.82, 2.24) is 10.2 Å². The molecule has 1 aromatic carbocycles. The summed E-state index contributed by atoms with van der Waals surface area (Å²) in [5.74, 6) is 0.957. The van der Waals surface area contributed by atoms with E-state index in [1.165, 1.54) is 17.5 Å². The fourth-order valence-electron chi connectivity index (χ4n) is 3.82. The lowest BCUT2D eigenvalue weighted by atomic mass is 9.67. The number of piperidine rings is 1. The topological polar surface area (TPSA) is 24.5 Å². The summed E-state index contributed by atoms with van der Waals surface area (Å²) in [5.41, 5.74) is 2.92. The number of aryl methyl sites for hydroxylation is 1. The van der Waals surface area contributed by atoms with E-state index in [0.29, 0.717) is 12.1 Å². The highest BCUT2D eigenvalue weighted by molar-refractivity contribution is 5.41. The van der Waals surface area contributed by atoms with Crippen LogP contribution in [0.2, 0.25) is 0 Å². The molecule has 1 fully saturated rings. The third-order valence-corrected chi connectivity index (χ3v) is 5.33. The van der Waals surface area contributed by atoms with Gasteiger partial charge in [-0.05, 0) is 63.7 Å². The summed E-state index contributed by atoms with van der Waals surface area (Å²) < 4.78 is 5.46. The summed E-state index contributed by atoms with van der Waals surface area (Å²) in [6.45, 7) is 11.3. The smallest absolute Gasteiger partial charge is 0.119 e. The number of likely N-dealkylation sites (tertiary alicyclic amines) is 1. The van der Waals surface area contributed by atoms with E-state index in [4.69, 9.17) is 4.74 Å². The quantitative estimate of drug-likeness (QED) is 0.922. The minimum Gasteiger partial charge on any atom is -0.497 e. The molecule has 3 heteroatoms. The van der Waals surface area contributed by atoms with Gasteiger partial charge < -0.3 is 15.0 Å². The number of hydrogen-bond donors (Lipinski definition) is 1. The second kappa shape index (κ2) is 6.37. The molecule has 118 valence electrons. The number of rotatable bonds is 4. The van der Waals surface area contributed by atoms with Crippen LogP contribution in [-0.2, 0) is 5.41 Å². The number of ether oxygens (including phenoxy) is 1. The molecule has 3 nitrogen and oxygen atoms in total. The molecule has 0 amide bonds. The molecule has 1 aromatic rings. The maximum atomic E-state index is 5.46. The van der Waals surface area contributed by atoms with Gasteiger partial charge in [0, 0.05) is 17.5 Å². The maximum Gasteiger partial charge on any atom is 0.119 e. The van der Waals surface area contributed by atoms with Gasteiger partial charge in [-0.3, -0.25) is 0 Å². The summed E-state index contributed by atoms with van der Waals surface area (Å²) >= 11 is 0. The van der Waals surface area contributed by atoms with Crippen molar-refractivity contribution in [3.05, 3.63) is 29.3 Å². The standard InChI is InChI=1S/C18H30N2O/c1-7-19-17-14(3)20(5)11-10-18(17,4)16-12-15(21-6)9-8-13(16)2/h8-9,12,14,17,19H,7,10-11H2,1-6H3. The molecule has 0 saturated carbocycles. The average molecular weight is 290 g/mol. The van der Waals surface area contributed by atoms with E-state index in [0.717, 1.165) is 18.8 Å². The molecule has 21 heavy (non-hydrogen) atoms. The third-order valence-electron chi connectivity index (χ3n) is 5.33. The predicted molar refractivity (Wildman–Crippen MR) is 89.3 cm³/mol. The number of likely N-dealkylation sites (N-methyl/N-ethyl adjacent to an activating group) is 2. The number of nitrogens with zero attached hydrogens (tertiary/aromatic N) is 1. The molecule has 0 aromatic heterocycles. The van der Waals surface area contributed by atoms with E-state index in [-0.39, 0.29) is 5.41 Å². The third kappa shape index (κ3) is 2.95. The van der Waals surface area contributed by atoms with Crippen molar-refractivity contribution in [2.45, 2.75) is 51.6 Å². The van der Waals surface area contributed by atoms with Crippen molar-refractivity contribution >= 4 is 0 Å². The Morgan fingerprint density at radius 2 is 2.14 bits per heavy atom. The Balaban J connectivity index is 2.46. The fraction of sp³-hybridized carbons (Fsp3) is 0.667. The molecule has 3 atom stereocenters. The van der Waals surface area contributed by atoms with Crippen LogP contribution in [0.1, 0.15) is 38.3 Å². The van der Waals surface area contributed by atoms with Crippen LogP contribution in [0.15, 0.2) is 18.2 Å². The Hall–Kier alpha value is -1.06. The van der Waals surface area contributed by atoms with Gasteiger partial charge in [-0.25, -0.2) is 0 Å². The molecule has 1 aliphatic rings. The predicted octanol–water partition coefficient (Wildman–Crippen LogP) is 2.96. The first-order valence-corrected chi connectivity index (χ1v) is 8.02. The van der Waals surface area contributed by atoms with Crippen LogP contribution in [0.25, 0.3) is 0 Å². The zero-order valence-corrected chi connectivity index (χ0v) is 14.4. The van der Waals surface area contributed by atoms with E-state index < -0.39 is 0 Å². The SMILES string of the molecule is CCNC1C(C)N(C)CCC1(C)c1cc(OC)ccc1C. The summed E-state index contributed by atoms with van der Waals surface area (Å²) in [4.78, 5) is 2.46. The number of nitrogens with one attached hydrogen (secondary N) is 1. The van der Waals surface area contributed by atoms with Crippen LogP contribution in [-0.4, -0.2) is 44.2 Å². The summed E-state index contributed by atoms with van der Waals surface area (Å²) in [6, 6.07) is 7.45. The van der Waals surface area contributed by atoms with Crippen molar-refractivity contribution in [2.75, 3.05) is 27.2 Å². The Labute approximate surface area is 129 Å². The summed E-state index contributed by atoms with van der Waals surface area (Å²) in [5, 5.41) is 3.74. The maximum absolute atomic E-state index is 5.46. The molecule has 3 unspecified atom stereocenters. The van der Waals surface area contributed by atoms with Gasteiger partial charge >= 0.3 is 0 Å². The highest BCUT2D eigenvalue weighted by Gasteiger charge is 2.44. The van der Waals surface area contributed by atoms with Gasteiger partial charge in [-0.2, -0.15) is 0 Å². The molecular weight excluding hydrogens is 260 g/mol. The van der Waals surface area contributed by atoms with Gasteiger partial charge in [0.2, 0.25) is 0 Å². The van der Waals surface area contributed by atoms with Gasteiger partial charge in [-0.15, -0.1) is 0 Å². The van der Waals surface area contributed by atoms with Gasteiger partial charge in [0.25, 0.3) is 0 Å². The summed E-state index contributed by atoms with van der Waals surface area (Å²) in [7, 11) is 3.98. The highest BCUT2D eigenvalue weighted by atomic mass is 16.5. The zero-order valence-electron chi connectivity index (χ0n) is 14.4. The molecule has 0 radical (unpaired) electrons. The normalized spacial score (nSPS) is 30.4. The Bertz CT molecular complexity index is 488. The van der Waals surface area contributed by atoms with Crippen LogP contribution in [0, 0.1) is 6.92 Å². The first kappa shape index (κ1) is 16.3. The first-order valence-electron chi connectivity index (χ1n) is 8.02. The van der Waals surface area contributed by atoms with E-state index in [2.05, 4.69) is 63.2 Å². The van der Waals surface area contributed by atoms with Crippen LogP contribution in [0.4, 0.5) is 0 Å². The minimum atomic E-state index is 0.139. The van der Waals surface area contributed by atoms with Crippen LogP contribution in [0.5, 0.6) is 5.75 Å². The monoisotopic (exact) mass is 290 g/mol. The van der Waals surface area contributed by atoms with E-state index in [1.807, 2.05) is 0 Å². The van der Waals surface area contributed by atoms with Crippen LogP contribution in [0.3, 0.4) is 0 Å². The van der Waals surface area contributed by atoms with E-state index >= 15 is 0 Å². The Kier molecular flexibility index (Phi) is 4.95. The van der Waals surface area contributed by atoms with E-state index in [1.54, 1.807) is 7.11 Å². The lowest BCUT2D eigenvalue weighted by molar-refractivity contribution is 0.0895. The number of methoxy groups -OCH3 is 1.